The molecule has 1 fully saturated rings. The molecule has 1 N–H and O–H groups in total. The Morgan fingerprint density at radius 3 is 2.62 bits per heavy atom. The molecule has 110 valence electrons. The van der Waals surface area contributed by atoms with Gasteiger partial charge in [-0.15, -0.1) is 0 Å². The summed E-state index contributed by atoms with van der Waals surface area (Å²) in [7, 11) is 0. The molecule has 0 saturated carbocycles. The number of carbonyl (C=O) groups excluding carboxylic acids is 3. The number of amides is 2. The SMILES string of the molecule is O=C1CCC(CC(=O)c2ccc3c(c2)CCCC3)C(=O)N1. The average Bonchev–Trinajstić information content (AvgIpc) is 2.49. The third-order valence-corrected chi connectivity index (χ3v) is 4.46. The first-order valence-corrected chi connectivity index (χ1v) is 7.62. The van der Waals surface area contributed by atoms with Gasteiger partial charge in [-0.2, -0.15) is 0 Å². The molecule has 4 nitrogen and oxygen atoms in total. The number of Topliss-reactive ketones (excluding diaryl/α,β-unsaturated/α-hetero) is 1. The number of hydrogen-bond donors (Lipinski definition) is 1. The monoisotopic (exact) mass is 285 g/mol. The largest absolute Gasteiger partial charge is 0.296 e. The van der Waals surface area contributed by atoms with Crippen molar-refractivity contribution in [3.63, 3.8) is 0 Å². The first kappa shape index (κ1) is 14.0. The van der Waals surface area contributed by atoms with Crippen molar-refractivity contribution in [2.75, 3.05) is 0 Å². The van der Waals surface area contributed by atoms with E-state index >= 15 is 0 Å². The van der Waals surface area contributed by atoms with Crippen LogP contribution in [-0.2, 0) is 22.4 Å². The molecule has 0 aromatic heterocycles. The van der Waals surface area contributed by atoms with Gasteiger partial charge in [-0.05, 0) is 49.3 Å². The number of imide groups is 1. The molecule has 3 rings (SSSR count). The van der Waals surface area contributed by atoms with Crippen LogP contribution in [0.5, 0.6) is 0 Å². The van der Waals surface area contributed by atoms with Gasteiger partial charge in [0.15, 0.2) is 5.78 Å². The average molecular weight is 285 g/mol. The second-order valence-corrected chi connectivity index (χ2v) is 5.97. The second kappa shape index (κ2) is 5.80. The topological polar surface area (TPSA) is 63.2 Å². The number of carbonyl (C=O) groups is 3. The van der Waals surface area contributed by atoms with Crippen LogP contribution in [0.3, 0.4) is 0 Å². The van der Waals surface area contributed by atoms with E-state index in [2.05, 4.69) is 5.32 Å². The minimum atomic E-state index is -0.369. The van der Waals surface area contributed by atoms with E-state index in [1.807, 2.05) is 18.2 Å². The lowest BCUT2D eigenvalue weighted by Gasteiger charge is -2.20. The molecule has 1 aliphatic heterocycles. The fourth-order valence-corrected chi connectivity index (χ4v) is 3.18. The molecule has 0 bridgehead atoms. The zero-order chi connectivity index (χ0) is 14.8. The van der Waals surface area contributed by atoms with Crippen LogP contribution in [0.2, 0.25) is 0 Å². The molecular formula is C17H19NO3. The van der Waals surface area contributed by atoms with Crippen molar-refractivity contribution in [3.8, 4) is 0 Å². The van der Waals surface area contributed by atoms with Gasteiger partial charge in [0.2, 0.25) is 11.8 Å². The number of rotatable bonds is 3. The lowest BCUT2D eigenvalue weighted by molar-refractivity contribution is -0.136. The predicted molar refractivity (Wildman–Crippen MR) is 77.9 cm³/mol. The van der Waals surface area contributed by atoms with Gasteiger partial charge < -0.3 is 0 Å². The van der Waals surface area contributed by atoms with E-state index in [0.717, 1.165) is 12.8 Å². The minimum absolute atomic E-state index is 0.00197. The van der Waals surface area contributed by atoms with Crippen molar-refractivity contribution in [2.24, 2.45) is 5.92 Å². The molecule has 1 atom stereocenters. The van der Waals surface area contributed by atoms with Crippen LogP contribution in [0, 0.1) is 5.92 Å². The van der Waals surface area contributed by atoms with Crippen molar-refractivity contribution in [3.05, 3.63) is 34.9 Å². The number of fused-ring (bicyclic) bond motifs is 1. The van der Waals surface area contributed by atoms with Crippen molar-refractivity contribution in [1.82, 2.24) is 5.32 Å². The van der Waals surface area contributed by atoms with E-state index in [9.17, 15) is 14.4 Å². The highest BCUT2D eigenvalue weighted by Gasteiger charge is 2.28. The Morgan fingerprint density at radius 2 is 1.86 bits per heavy atom. The number of hydrogen-bond acceptors (Lipinski definition) is 3. The van der Waals surface area contributed by atoms with Crippen LogP contribution in [0.4, 0.5) is 0 Å². The quantitative estimate of drug-likeness (QED) is 0.684. The zero-order valence-electron chi connectivity index (χ0n) is 12.0. The van der Waals surface area contributed by atoms with E-state index in [0.29, 0.717) is 18.4 Å². The highest BCUT2D eigenvalue weighted by atomic mass is 16.2. The first-order valence-electron chi connectivity index (χ1n) is 7.62. The summed E-state index contributed by atoms with van der Waals surface area (Å²) in [5.74, 6) is -0.917. The highest BCUT2D eigenvalue weighted by Crippen LogP contribution is 2.24. The van der Waals surface area contributed by atoms with Gasteiger partial charge in [-0.3, -0.25) is 19.7 Å². The summed E-state index contributed by atoms with van der Waals surface area (Å²) in [6.07, 6.45) is 5.52. The van der Waals surface area contributed by atoms with Crippen LogP contribution >= 0.6 is 0 Å². The Hall–Kier alpha value is -1.97. The Kier molecular flexibility index (Phi) is 3.86. The highest BCUT2D eigenvalue weighted by molar-refractivity contribution is 6.03. The van der Waals surface area contributed by atoms with Crippen LogP contribution < -0.4 is 5.32 Å². The van der Waals surface area contributed by atoms with E-state index in [1.165, 1.54) is 24.0 Å². The molecule has 1 aromatic rings. The van der Waals surface area contributed by atoms with Gasteiger partial charge in [-0.1, -0.05) is 12.1 Å². The Balaban J connectivity index is 1.70. The molecule has 1 saturated heterocycles. The summed E-state index contributed by atoms with van der Waals surface area (Å²) in [5.41, 5.74) is 3.31. The second-order valence-electron chi connectivity index (χ2n) is 5.97. The lowest BCUT2D eigenvalue weighted by Crippen LogP contribution is -2.41. The van der Waals surface area contributed by atoms with Crippen LogP contribution in [0.1, 0.15) is 53.6 Å². The van der Waals surface area contributed by atoms with Crippen LogP contribution in [0.25, 0.3) is 0 Å². The molecule has 2 amide bonds. The standard InChI is InChI=1S/C17H19NO3/c19-15(10-14-7-8-16(20)18-17(14)21)13-6-5-11-3-1-2-4-12(11)9-13/h5-6,9,14H,1-4,7-8,10H2,(H,18,20,21). The Labute approximate surface area is 123 Å². The molecule has 1 aromatic carbocycles. The van der Waals surface area contributed by atoms with Crippen molar-refractivity contribution >= 4 is 17.6 Å². The van der Waals surface area contributed by atoms with Crippen LogP contribution in [-0.4, -0.2) is 17.6 Å². The van der Waals surface area contributed by atoms with Gasteiger partial charge in [0.1, 0.15) is 0 Å². The molecular weight excluding hydrogens is 266 g/mol. The third kappa shape index (κ3) is 3.04. The molecule has 1 aliphatic carbocycles. The lowest BCUT2D eigenvalue weighted by atomic mass is 9.87. The number of ketones is 1. The predicted octanol–water partition coefficient (Wildman–Crippen LogP) is 2.19. The maximum atomic E-state index is 12.4. The normalized spacial score (nSPS) is 21.6. The summed E-state index contributed by atoms with van der Waals surface area (Å²) in [6.45, 7) is 0. The Morgan fingerprint density at radius 1 is 1.10 bits per heavy atom. The fraction of sp³-hybridized carbons (Fsp3) is 0.471. The number of aryl methyl sites for hydroxylation is 2. The summed E-state index contributed by atoms with van der Waals surface area (Å²) in [4.78, 5) is 35.2. The zero-order valence-corrected chi connectivity index (χ0v) is 12.0. The van der Waals surface area contributed by atoms with Gasteiger partial charge in [0.05, 0.1) is 0 Å². The van der Waals surface area contributed by atoms with Gasteiger partial charge in [0, 0.05) is 24.3 Å². The fourth-order valence-electron chi connectivity index (χ4n) is 3.18. The minimum Gasteiger partial charge on any atom is -0.296 e. The molecule has 0 radical (unpaired) electrons. The van der Waals surface area contributed by atoms with Crippen molar-refractivity contribution < 1.29 is 14.4 Å². The maximum Gasteiger partial charge on any atom is 0.230 e. The van der Waals surface area contributed by atoms with Gasteiger partial charge >= 0.3 is 0 Å². The van der Waals surface area contributed by atoms with E-state index < -0.39 is 0 Å². The number of nitrogens with one attached hydrogen (secondary N) is 1. The van der Waals surface area contributed by atoms with E-state index in [4.69, 9.17) is 0 Å². The van der Waals surface area contributed by atoms with E-state index in [-0.39, 0.29) is 29.9 Å². The molecule has 4 heteroatoms. The Bertz CT molecular complexity index is 606. The summed E-state index contributed by atoms with van der Waals surface area (Å²) < 4.78 is 0. The summed E-state index contributed by atoms with van der Waals surface area (Å²) >= 11 is 0. The molecule has 2 aliphatic rings. The van der Waals surface area contributed by atoms with Crippen molar-refractivity contribution in [1.29, 1.82) is 0 Å². The van der Waals surface area contributed by atoms with Gasteiger partial charge in [0.25, 0.3) is 0 Å². The molecule has 0 spiro atoms. The summed E-state index contributed by atoms with van der Waals surface area (Å²) in [5, 5.41) is 2.31. The smallest absolute Gasteiger partial charge is 0.230 e. The van der Waals surface area contributed by atoms with E-state index in [1.54, 1.807) is 0 Å². The number of benzene rings is 1. The first-order chi connectivity index (χ1) is 10.1. The molecule has 21 heavy (non-hydrogen) atoms. The third-order valence-electron chi connectivity index (χ3n) is 4.46. The van der Waals surface area contributed by atoms with Crippen LogP contribution in [0.15, 0.2) is 18.2 Å². The number of piperidine rings is 1. The molecule has 1 unspecified atom stereocenters. The van der Waals surface area contributed by atoms with Gasteiger partial charge in [-0.25, -0.2) is 0 Å². The van der Waals surface area contributed by atoms with Crippen molar-refractivity contribution in [2.45, 2.75) is 44.9 Å². The summed E-state index contributed by atoms with van der Waals surface area (Å²) in [6, 6.07) is 5.91. The maximum absolute atomic E-state index is 12.4. The molecule has 1 heterocycles.